The minimum absolute atomic E-state index is 0.0849. The number of nitrogens with one attached hydrogen (secondary N) is 3. The lowest BCUT2D eigenvalue weighted by atomic mass is 9.96. The maximum Gasteiger partial charge on any atom is 0.407 e. The summed E-state index contributed by atoms with van der Waals surface area (Å²) in [7, 11) is 0. The molecule has 3 N–H and O–H groups in total. The Balaban J connectivity index is 2.30. The molecule has 0 radical (unpaired) electrons. The Labute approximate surface area is 205 Å². The molecule has 6 nitrogen and oxygen atoms in total. The van der Waals surface area contributed by atoms with Crippen LogP contribution in [-0.4, -0.2) is 47.8 Å². The van der Waals surface area contributed by atoms with Crippen molar-refractivity contribution in [3.63, 3.8) is 0 Å². The average Bonchev–Trinajstić information content (AvgIpc) is 3.57. The standard InChI is InChI=1S/C24H31F6N3O3/c1-4-17(19(34)22(36)31-16-9-10-16)33-21(35)18(12-23(26,27)11-13(2)3)32-20(24(28,29)30)14-5-7-15(25)8-6-14/h5-8,13,16-18,20,32H,4,9-12H2,1-3H3,(H,31,36)(H,33,35). The van der Waals surface area contributed by atoms with Crippen LogP contribution >= 0.6 is 0 Å². The van der Waals surface area contributed by atoms with Gasteiger partial charge in [-0.25, -0.2) is 13.2 Å². The van der Waals surface area contributed by atoms with E-state index in [4.69, 9.17) is 0 Å². The normalized spacial score (nSPS) is 16.8. The van der Waals surface area contributed by atoms with E-state index in [1.165, 1.54) is 20.8 Å². The van der Waals surface area contributed by atoms with Gasteiger partial charge in [0.1, 0.15) is 11.9 Å². The lowest BCUT2D eigenvalue weighted by molar-refractivity contribution is -0.163. The zero-order chi connectivity index (χ0) is 27.3. The number of carbonyl (C=O) groups is 3. The Morgan fingerprint density at radius 2 is 1.56 bits per heavy atom. The first-order chi connectivity index (χ1) is 16.6. The summed E-state index contributed by atoms with van der Waals surface area (Å²) in [5.74, 6) is -8.09. The number of rotatable bonds is 13. The molecule has 202 valence electrons. The maximum atomic E-state index is 14.7. The van der Waals surface area contributed by atoms with Gasteiger partial charge < -0.3 is 10.6 Å². The number of amides is 2. The molecule has 3 unspecified atom stereocenters. The third-order valence-electron chi connectivity index (χ3n) is 5.60. The van der Waals surface area contributed by atoms with Gasteiger partial charge in [0.25, 0.3) is 5.91 Å². The summed E-state index contributed by atoms with van der Waals surface area (Å²) in [4.78, 5) is 37.5. The van der Waals surface area contributed by atoms with Crippen LogP contribution in [0, 0.1) is 11.7 Å². The number of carbonyl (C=O) groups excluding carboxylic acids is 3. The summed E-state index contributed by atoms with van der Waals surface area (Å²) in [5.41, 5.74) is -0.485. The summed E-state index contributed by atoms with van der Waals surface area (Å²) >= 11 is 0. The second kappa shape index (κ2) is 12.1. The molecule has 1 aromatic rings. The average molecular weight is 524 g/mol. The van der Waals surface area contributed by atoms with Crippen molar-refractivity contribution in [2.24, 2.45) is 5.92 Å². The minimum atomic E-state index is -5.02. The van der Waals surface area contributed by atoms with Crippen LogP contribution in [0.2, 0.25) is 0 Å². The Hall–Kier alpha value is -2.63. The highest BCUT2D eigenvalue weighted by atomic mass is 19.4. The van der Waals surface area contributed by atoms with Gasteiger partial charge in [-0.15, -0.1) is 0 Å². The highest BCUT2D eigenvalue weighted by Gasteiger charge is 2.45. The van der Waals surface area contributed by atoms with E-state index in [2.05, 4.69) is 10.6 Å². The van der Waals surface area contributed by atoms with Crippen LogP contribution in [0.15, 0.2) is 24.3 Å². The van der Waals surface area contributed by atoms with Crippen molar-refractivity contribution in [3.8, 4) is 0 Å². The number of halogens is 6. The van der Waals surface area contributed by atoms with Gasteiger partial charge in [-0.1, -0.05) is 32.9 Å². The molecule has 1 aliphatic rings. The second-order valence-corrected chi connectivity index (χ2v) is 9.48. The van der Waals surface area contributed by atoms with Crippen LogP contribution in [0.25, 0.3) is 0 Å². The van der Waals surface area contributed by atoms with Crippen LogP contribution < -0.4 is 16.0 Å². The molecule has 0 heterocycles. The summed E-state index contributed by atoms with van der Waals surface area (Å²) < 4.78 is 84.2. The first-order valence-electron chi connectivity index (χ1n) is 11.7. The molecule has 0 spiro atoms. The Morgan fingerprint density at radius 3 is 2.03 bits per heavy atom. The highest BCUT2D eigenvalue weighted by Crippen LogP contribution is 2.35. The van der Waals surface area contributed by atoms with Crippen LogP contribution in [0.4, 0.5) is 26.3 Å². The fourth-order valence-corrected chi connectivity index (χ4v) is 3.71. The van der Waals surface area contributed by atoms with Gasteiger partial charge in [0.2, 0.25) is 17.6 Å². The Bertz CT molecular complexity index is 917. The second-order valence-electron chi connectivity index (χ2n) is 9.48. The third kappa shape index (κ3) is 9.11. The lowest BCUT2D eigenvalue weighted by Gasteiger charge is -2.31. The van der Waals surface area contributed by atoms with E-state index in [9.17, 15) is 40.7 Å². The van der Waals surface area contributed by atoms with Crippen LogP contribution in [0.1, 0.15) is 64.5 Å². The quantitative estimate of drug-likeness (QED) is 0.267. The van der Waals surface area contributed by atoms with Crippen LogP contribution in [-0.2, 0) is 14.4 Å². The van der Waals surface area contributed by atoms with Gasteiger partial charge >= 0.3 is 6.18 Å². The maximum absolute atomic E-state index is 14.7. The fourth-order valence-electron chi connectivity index (χ4n) is 3.71. The molecule has 1 aromatic carbocycles. The van der Waals surface area contributed by atoms with Gasteiger partial charge in [0.15, 0.2) is 0 Å². The van der Waals surface area contributed by atoms with E-state index in [-0.39, 0.29) is 12.5 Å². The predicted octanol–water partition coefficient (Wildman–Crippen LogP) is 4.20. The minimum Gasteiger partial charge on any atom is -0.347 e. The first kappa shape index (κ1) is 29.6. The molecule has 12 heteroatoms. The van der Waals surface area contributed by atoms with E-state index in [1.54, 1.807) is 0 Å². The number of ketones is 1. The summed E-state index contributed by atoms with van der Waals surface area (Å²) in [5, 5.41) is 6.56. The zero-order valence-electron chi connectivity index (χ0n) is 20.2. The van der Waals surface area contributed by atoms with Gasteiger partial charge in [-0.3, -0.25) is 19.7 Å². The largest absolute Gasteiger partial charge is 0.407 e. The van der Waals surface area contributed by atoms with E-state index >= 15 is 0 Å². The van der Waals surface area contributed by atoms with Crippen molar-refractivity contribution >= 4 is 17.6 Å². The van der Waals surface area contributed by atoms with E-state index in [1.807, 2.05) is 5.32 Å². The van der Waals surface area contributed by atoms with E-state index < -0.39 is 78.0 Å². The van der Waals surface area contributed by atoms with Crippen molar-refractivity contribution in [2.75, 3.05) is 0 Å². The molecule has 0 aliphatic heterocycles. The van der Waals surface area contributed by atoms with Crippen molar-refractivity contribution < 1.29 is 40.7 Å². The molecular weight excluding hydrogens is 492 g/mol. The molecule has 3 atom stereocenters. The van der Waals surface area contributed by atoms with Gasteiger partial charge in [0.05, 0.1) is 12.1 Å². The van der Waals surface area contributed by atoms with Crippen molar-refractivity contribution in [1.29, 1.82) is 0 Å². The van der Waals surface area contributed by atoms with Gasteiger partial charge in [-0.05, 0) is 42.9 Å². The monoisotopic (exact) mass is 523 g/mol. The molecule has 36 heavy (non-hydrogen) atoms. The smallest absolute Gasteiger partial charge is 0.347 e. The molecule has 1 saturated carbocycles. The summed E-state index contributed by atoms with van der Waals surface area (Å²) in [6, 6.07) is -2.98. The van der Waals surface area contributed by atoms with Crippen molar-refractivity contribution in [2.45, 2.75) is 89.1 Å². The molecule has 0 aromatic heterocycles. The van der Waals surface area contributed by atoms with E-state index in [0.717, 1.165) is 24.3 Å². The molecule has 0 bridgehead atoms. The first-order valence-corrected chi connectivity index (χ1v) is 11.7. The molecule has 2 rings (SSSR count). The molecule has 0 saturated heterocycles. The summed E-state index contributed by atoms with van der Waals surface area (Å²) in [6.45, 7) is 4.45. The molecular formula is C24H31F6N3O3. The summed E-state index contributed by atoms with van der Waals surface area (Å²) in [6.07, 6.45) is -5.69. The molecule has 2 amide bonds. The van der Waals surface area contributed by atoms with E-state index in [0.29, 0.717) is 12.8 Å². The Kier molecular flexibility index (Phi) is 9.93. The number of hydrogen-bond donors (Lipinski definition) is 3. The fraction of sp³-hybridized carbons (Fsp3) is 0.625. The lowest BCUT2D eigenvalue weighted by Crippen LogP contribution is -2.55. The third-order valence-corrected chi connectivity index (χ3v) is 5.60. The number of alkyl halides is 5. The molecule has 1 aliphatic carbocycles. The number of Topliss-reactive ketones (excluding diaryl/α,β-unsaturated/α-hetero) is 1. The Morgan fingerprint density at radius 1 is 0.972 bits per heavy atom. The van der Waals surface area contributed by atoms with Gasteiger partial charge in [0, 0.05) is 18.9 Å². The van der Waals surface area contributed by atoms with Crippen LogP contribution in [0.3, 0.4) is 0 Å². The number of hydrogen-bond acceptors (Lipinski definition) is 4. The topological polar surface area (TPSA) is 87.3 Å². The predicted molar refractivity (Wildman–Crippen MR) is 120 cm³/mol. The molecule has 1 fully saturated rings. The van der Waals surface area contributed by atoms with Gasteiger partial charge in [-0.2, -0.15) is 13.2 Å². The van der Waals surface area contributed by atoms with Crippen LogP contribution in [0.5, 0.6) is 0 Å². The number of benzene rings is 1. The SMILES string of the molecule is CCC(NC(=O)C(CC(F)(F)CC(C)C)NC(c1ccc(F)cc1)C(F)(F)F)C(=O)C(=O)NC1CC1. The highest BCUT2D eigenvalue weighted by molar-refractivity contribution is 6.38. The van der Waals surface area contributed by atoms with Crippen molar-refractivity contribution in [3.05, 3.63) is 35.6 Å². The zero-order valence-corrected chi connectivity index (χ0v) is 20.2. The van der Waals surface area contributed by atoms with Crippen molar-refractivity contribution in [1.82, 2.24) is 16.0 Å².